The molecule has 0 N–H and O–H groups in total. The number of likely N-dealkylation sites (N-methyl/N-ethyl adjacent to an activating group) is 1. The molecule has 8 heteroatoms. The van der Waals surface area contributed by atoms with Gasteiger partial charge in [0.25, 0.3) is 0 Å². The monoisotopic (exact) mass is 856 g/mol. The third-order valence-corrected chi connectivity index (χ3v) is 11.0. The van der Waals surface area contributed by atoms with Gasteiger partial charge in [-0.2, -0.15) is 0 Å². The summed E-state index contributed by atoms with van der Waals surface area (Å²) in [5, 5.41) is 11.6. The number of carboxylic acid groups (broad SMARTS) is 1. The van der Waals surface area contributed by atoms with Crippen molar-refractivity contribution in [1.82, 2.24) is 0 Å². The van der Waals surface area contributed by atoms with Crippen molar-refractivity contribution < 1.29 is 38.2 Å². The van der Waals surface area contributed by atoms with Gasteiger partial charge >= 0.3 is 11.9 Å². The zero-order chi connectivity index (χ0) is 44.9. The maximum absolute atomic E-state index is 12.7. The number of hydrogen-bond donors (Lipinski definition) is 0. The molecule has 8 nitrogen and oxygen atoms in total. The van der Waals surface area contributed by atoms with Crippen molar-refractivity contribution in [2.75, 3.05) is 41.0 Å². The maximum atomic E-state index is 12.7. The van der Waals surface area contributed by atoms with Gasteiger partial charge in [0.1, 0.15) is 12.6 Å². The van der Waals surface area contributed by atoms with E-state index in [1.807, 2.05) is 6.08 Å². The Balaban J connectivity index is 4.29. The van der Waals surface area contributed by atoms with E-state index in [1.165, 1.54) is 122 Å². The second-order valence-electron chi connectivity index (χ2n) is 17.7. The summed E-state index contributed by atoms with van der Waals surface area (Å²) >= 11 is 0. The average molecular weight is 856 g/mol. The Bertz CT molecular complexity index is 1180. The van der Waals surface area contributed by atoms with E-state index in [0.29, 0.717) is 12.8 Å². The number of quaternary nitrogens is 1. The minimum Gasteiger partial charge on any atom is -0.544 e. The smallest absolute Gasteiger partial charge is 0.310 e. The van der Waals surface area contributed by atoms with Crippen LogP contribution < -0.4 is 5.11 Å². The number of carbonyl (C=O) groups is 3. The lowest BCUT2D eigenvalue weighted by Gasteiger charge is -2.34. The van der Waals surface area contributed by atoms with Crippen LogP contribution in [0.25, 0.3) is 0 Å². The van der Waals surface area contributed by atoms with Crippen LogP contribution in [0.15, 0.2) is 60.8 Å². The first-order chi connectivity index (χ1) is 29.6. The molecular weight excluding hydrogens is 763 g/mol. The van der Waals surface area contributed by atoms with Crippen LogP contribution in [0.5, 0.6) is 0 Å². The number of carboxylic acids is 1. The predicted octanol–water partition coefficient (Wildman–Crippen LogP) is 12.8. The Morgan fingerprint density at radius 1 is 0.508 bits per heavy atom. The highest BCUT2D eigenvalue weighted by Gasteiger charge is 2.25. The molecule has 0 heterocycles. The highest BCUT2D eigenvalue weighted by molar-refractivity contribution is 5.71. The molecule has 0 aromatic rings. The van der Waals surface area contributed by atoms with Gasteiger partial charge in [0.2, 0.25) is 0 Å². The summed E-state index contributed by atoms with van der Waals surface area (Å²) < 4.78 is 17.1. The van der Waals surface area contributed by atoms with Crippen molar-refractivity contribution in [2.24, 2.45) is 0 Å². The SMILES string of the molecule is CC/C=C\C/C=C\C/C=C\C/C=C\C/C=C\CC(=O)OC(COCCC(C(=O)[O-])[N+](C)(C)C)COC(=O)CCCCCCCCCCCCCCCCCCCCCCCC. The van der Waals surface area contributed by atoms with Crippen molar-refractivity contribution in [1.29, 1.82) is 0 Å². The number of hydrogen-bond acceptors (Lipinski definition) is 7. The molecule has 0 bridgehead atoms. The van der Waals surface area contributed by atoms with Crippen LogP contribution in [0.1, 0.15) is 206 Å². The lowest BCUT2D eigenvalue weighted by molar-refractivity contribution is -0.889. The highest BCUT2D eigenvalue weighted by Crippen LogP contribution is 2.16. The number of unbranched alkanes of at least 4 members (excludes halogenated alkanes) is 21. The van der Waals surface area contributed by atoms with Gasteiger partial charge in [-0.25, -0.2) is 0 Å². The zero-order valence-electron chi connectivity index (χ0n) is 40.1. The van der Waals surface area contributed by atoms with Crippen molar-refractivity contribution >= 4 is 17.9 Å². The van der Waals surface area contributed by atoms with E-state index in [1.54, 1.807) is 27.2 Å². The first kappa shape index (κ1) is 58.0. The highest BCUT2D eigenvalue weighted by atomic mass is 16.6. The Morgan fingerprint density at radius 3 is 1.30 bits per heavy atom. The molecule has 0 amide bonds. The summed E-state index contributed by atoms with van der Waals surface area (Å²) in [7, 11) is 5.38. The van der Waals surface area contributed by atoms with Crippen LogP contribution in [0.2, 0.25) is 0 Å². The molecule has 61 heavy (non-hydrogen) atoms. The molecule has 0 radical (unpaired) electrons. The first-order valence-corrected chi connectivity index (χ1v) is 24.8. The van der Waals surface area contributed by atoms with Gasteiger partial charge in [-0.1, -0.05) is 209 Å². The third-order valence-electron chi connectivity index (χ3n) is 11.0. The molecule has 0 aromatic heterocycles. The third kappa shape index (κ3) is 42.1. The van der Waals surface area contributed by atoms with Gasteiger partial charge in [-0.3, -0.25) is 9.59 Å². The molecule has 0 aliphatic rings. The molecule has 0 aromatic carbocycles. The number of allylic oxidation sites excluding steroid dienone is 9. The van der Waals surface area contributed by atoms with Gasteiger partial charge in [-0.05, 0) is 38.5 Å². The van der Waals surface area contributed by atoms with Gasteiger partial charge in [-0.15, -0.1) is 0 Å². The van der Waals surface area contributed by atoms with Crippen LogP contribution in [-0.4, -0.2) is 75.5 Å². The van der Waals surface area contributed by atoms with Crippen molar-refractivity contribution in [3.63, 3.8) is 0 Å². The largest absolute Gasteiger partial charge is 0.544 e. The predicted molar refractivity (Wildman–Crippen MR) is 254 cm³/mol. The summed E-state index contributed by atoms with van der Waals surface area (Å²) in [6.07, 6.45) is 54.3. The summed E-state index contributed by atoms with van der Waals surface area (Å²) in [5.41, 5.74) is 0. The molecule has 0 rings (SSSR count). The van der Waals surface area contributed by atoms with Gasteiger partial charge in [0.05, 0.1) is 46.7 Å². The summed E-state index contributed by atoms with van der Waals surface area (Å²) in [5.74, 6) is -1.89. The summed E-state index contributed by atoms with van der Waals surface area (Å²) in [4.78, 5) is 36.9. The second-order valence-corrected chi connectivity index (χ2v) is 17.7. The van der Waals surface area contributed by atoms with Crippen LogP contribution in [0.4, 0.5) is 0 Å². The molecule has 0 fully saturated rings. The second kappa shape index (κ2) is 43.7. The van der Waals surface area contributed by atoms with Crippen LogP contribution in [0.3, 0.4) is 0 Å². The van der Waals surface area contributed by atoms with E-state index in [0.717, 1.165) is 44.9 Å². The maximum Gasteiger partial charge on any atom is 0.310 e. The fourth-order valence-corrected chi connectivity index (χ4v) is 7.15. The minimum atomic E-state index is -1.14. The lowest BCUT2D eigenvalue weighted by atomic mass is 10.0. The van der Waals surface area contributed by atoms with E-state index in [2.05, 4.69) is 62.5 Å². The molecule has 0 saturated carbocycles. The number of carbonyl (C=O) groups excluding carboxylic acids is 3. The Kier molecular flexibility index (Phi) is 41.5. The number of rotatable bonds is 44. The van der Waals surface area contributed by atoms with E-state index in [9.17, 15) is 19.5 Å². The topological polar surface area (TPSA) is 102 Å². The van der Waals surface area contributed by atoms with Crippen LogP contribution in [-0.2, 0) is 28.6 Å². The van der Waals surface area contributed by atoms with Crippen molar-refractivity contribution in [3.05, 3.63) is 60.8 Å². The standard InChI is InChI=1S/C53H93NO7/c1-6-8-10-12-14-16-18-20-22-23-24-25-26-27-28-30-31-33-35-37-39-41-43-51(55)60-48-49(47-59-46-45-50(53(57)58)54(3,4)5)61-52(56)44-42-40-38-36-34-32-29-21-19-17-15-13-11-9-7-2/h9,11,15,17,21,29,34,36,40,42,49-50H,6-8,10,12-14,16,18-20,22-28,30-33,35,37-39,41,43-48H2,1-5H3/b11-9-,17-15-,29-21-,36-34-,42-40-. The molecule has 0 spiro atoms. The fraction of sp³-hybridized carbons (Fsp3) is 0.755. The Morgan fingerprint density at radius 2 is 0.902 bits per heavy atom. The average Bonchev–Trinajstić information content (AvgIpc) is 3.22. The summed E-state index contributed by atoms with van der Waals surface area (Å²) in [6.45, 7) is 4.46. The number of aliphatic carboxylic acids is 1. The Hall–Kier alpha value is -2.97. The molecule has 0 aliphatic heterocycles. The molecule has 2 atom stereocenters. The zero-order valence-corrected chi connectivity index (χ0v) is 40.1. The van der Waals surface area contributed by atoms with Crippen molar-refractivity contribution in [2.45, 2.75) is 219 Å². The van der Waals surface area contributed by atoms with Crippen LogP contribution in [0, 0.1) is 0 Å². The number of ether oxygens (including phenoxy) is 3. The van der Waals surface area contributed by atoms with Gasteiger partial charge < -0.3 is 28.6 Å². The fourth-order valence-electron chi connectivity index (χ4n) is 7.15. The van der Waals surface area contributed by atoms with Gasteiger partial charge in [0, 0.05) is 12.8 Å². The van der Waals surface area contributed by atoms with Crippen LogP contribution >= 0.6 is 0 Å². The first-order valence-electron chi connectivity index (χ1n) is 24.8. The number of nitrogens with zero attached hydrogens (tertiary/aromatic N) is 1. The molecular formula is C53H93NO7. The molecule has 352 valence electrons. The Labute approximate surface area is 375 Å². The van der Waals surface area contributed by atoms with E-state index >= 15 is 0 Å². The minimum absolute atomic E-state index is 0.000990. The van der Waals surface area contributed by atoms with Crippen molar-refractivity contribution in [3.8, 4) is 0 Å². The lowest BCUT2D eigenvalue weighted by Crippen LogP contribution is -2.55. The molecule has 0 aliphatic carbocycles. The van der Waals surface area contributed by atoms with Gasteiger partial charge in [0.15, 0.2) is 6.10 Å². The number of esters is 2. The quantitative estimate of drug-likeness (QED) is 0.0260. The van der Waals surface area contributed by atoms with E-state index in [-0.39, 0.29) is 43.1 Å². The normalized spacial score (nSPS) is 13.4. The van der Waals surface area contributed by atoms with E-state index in [4.69, 9.17) is 14.2 Å². The van der Waals surface area contributed by atoms with E-state index < -0.39 is 24.1 Å². The molecule has 0 saturated heterocycles. The molecule has 2 unspecified atom stereocenters. The summed E-state index contributed by atoms with van der Waals surface area (Å²) in [6, 6.07) is -0.743.